The normalized spacial score (nSPS) is 20.8. The molecule has 0 spiro atoms. The van der Waals surface area contributed by atoms with Gasteiger partial charge < -0.3 is 20.1 Å². The summed E-state index contributed by atoms with van der Waals surface area (Å²) in [5.41, 5.74) is 1.55. The van der Waals surface area contributed by atoms with Gasteiger partial charge >= 0.3 is 17.8 Å². The highest BCUT2D eigenvalue weighted by atomic mass is 16.2. The fourth-order valence-corrected chi connectivity index (χ4v) is 5.10. The average Bonchev–Trinajstić information content (AvgIpc) is 3.61. The highest BCUT2D eigenvalue weighted by molar-refractivity contribution is 6.40. The Morgan fingerprint density at radius 1 is 1.15 bits per heavy atom. The number of aromatic nitrogens is 4. The van der Waals surface area contributed by atoms with E-state index in [2.05, 4.69) is 22.2 Å². The number of likely N-dealkylation sites (tertiary alicyclic amines) is 2. The lowest BCUT2D eigenvalue weighted by molar-refractivity contribution is -0.137. The predicted molar refractivity (Wildman–Crippen MR) is 127 cm³/mol. The zero-order valence-electron chi connectivity index (χ0n) is 19.7. The Morgan fingerprint density at radius 2 is 1.91 bits per heavy atom. The molecule has 2 saturated heterocycles. The van der Waals surface area contributed by atoms with Crippen LogP contribution in [0.4, 0.5) is 10.6 Å². The molecule has 0 bridgehead atoms. The fourth-order valence-electron chi connectivity index (χ4n) is 5.10. The van der Waals surface area contributed by atoms with Crippen LogP contribution in [0.5, 0.6) is 0 Å². The number of aromatic amines is 1. The number of anilines is 1. The minimum Gasteiger partial charge on any atom is -0.351 e. The molecular weight excluding hydrogens is 436 g/mol. The van der Waals surface area contributed by atoms with Gasteiger partial charge in [0.15, 0.2) is 5.82 Å². The quantitative estimate of drug-likeness (QED) is 0.558. The van der Waals surface area contributed by atoms with Crippen molar-refractivity contribution in [3.8, 4) is 0 Å². The highest BCUT2D eigenvalue weighted by Crippen LogP contribution is 2.37. The van der Waals surface area contributed by atoms with Gasteiger partial charge in [-0.1, -0.05) is 6.92 Å². The summed E-state index contributed by atoms with van der Waals surface area (Å²) in [4.78, 5) is 50.6. The lowest BCUT2D eigenvalue weighted by Gasteiger charge is -2.39. The van der Waals surface area contributed by atoms with Crippen LogP contribution in [0, 0.1) is 5.92 Å². The van der Waals surface area contributed by atoms with E-state index in [4.69, 9.17) is 5.10 Å². The molecule has 0 aliphatic carbocycles. The van der Waals surface area contributed by atoms with Gasteiger partial charge in [0, 0.05) is 58.1 Å². The van der Waals surface area contributed by atoms with Crippen molar-refractivity contribution >= 4 is 45.6 Å². The number of piperidine rings is 1. The van der Waals surface area contributed by atoms with Crippen molar-refractivity contribution in [2.75, 3.05) is 45.2 Å². The molecule has 0 unspecified atom stereocenters. The average molecular weight is 467 g/mol. The van der Waals surface area contributed by atoms with E-state index in [1.807, 2.05) is 26.7 Å². The Labute approximate surface area is 197 Å². The van der Waals surface area contributed by atoms with Crippen LogP contribution in [0.2, 0.25) is 0 Å². The lowest BCUT2D eigenvalue weighted by atomic mass is 9.93. The Kier molecular flexibility index (Phi) is 5.62. The number of carbonyl (C=O) groups is 3. The number of amides is 4. The number of hydrogen-bond acceptors (Lipinski definition) is 5. The van der Waals surface area contributed by atoms with Gasteiger partial charge in [0.1, 0.15) is 5.65 Å². The maximum absolute atomic E-state index is 13.1. The first-order valence-electron chi connectivity index (χ1n) is 11.8. The maximum Gasteiger partial charge on any atom is 0.320 e. The molecule has 4 amide bonds. The number of carbonyl (C=O) groups excluding carboxylic acids is 3. The standard InChI is InChI=1S/C23H30N8O3/c1-14-7-11-30(23(34)29-9-4-5-10-29)13-17(14)31-18-15-6-8-25-19(15)26-12-16(18)20(27-31)28(3)22(33)21(32)24-2/h6,8,12,14,17H,4-5,7,9-11,13H2,1-3H3,(H,24,32)(H,25,26)/t14-,17+/m1/s1. The third-order valence-electron chi connectivity index (χ3n) is 7.15. The molecule has 5 heterocycles. The summed E-state index contributed by atoms with van der Waals surface area (Å²) in [6.45, 7) is 5.05. The number of pyridine rings is 1. The largest absolute Gasteiger partial charge is 0.351 e. The number of likely N-dealkylation sites (N-methyl/N-ethyl adjacent to an activating group) is 2. The number of fused-ring (bicyclic) bond motifs is 3. The summed E-state index contributed by atoms with van der Waals surface area (Å²) < 4.78 is 1.93. The van der Waals surface area contributed by atoms with Gasteiger partial charge in [-0.05, 0) is 31.2 Å². The summed E-state index contributed by atoms with van der Waals surface area (Å²) in [6.07, 6.45) is 6.46. The molecule has 2 aliphatic rings. The second-order valence-corrected chi connectivity index (χ2v) is 9.23. The van der Waals surface area contributed by atoms with E-state index in [0.29, 0.717) is 23.4 Å². The molecule has 2 aliphatic heterocycles. The first kappa shape index (κ1) is 22.2. The number of urea groups is 1. The van der Waals surface area contributed by atoms with Crippen molar-refractivity contribution in [3.05, 3.63) is 18.5 Å². The van der Waals surface area contributed by atoms with Crippen LogP contribution in [0.3, 0.4) is 0 Å². The fraction of sp³-hybridized carbons (Fsp3) is 0.522. The molecule has 2 fully saturated rings. The highest BCUT2D eigenvalue weighted by Gasteiger charge is 2.35. The summed E-state index contributed by atoms with van der Waals surface area (Å²) in [5.74, 6) is -0.782. The van der Waals surface area contributed by atoms with Crippen molar-refractivity contribution in [2.24, 2.45) is 5.92 Å². The van der Waals surface area contributed by atoms with Gasteiger partial charge in [-0.2, -0.15) is 5.10 Å². The van der Waals surface area contributed by atoms with Crippen LogP contribution in [0.15, 0.2) is 18.5 Å². The SMILES string of the molecule is CNC(=O)C(=O)N(C)c1nn([C@H]2CN(C(=O)N3CCCC3)CC[C@H]2C)c2c1cnc1[nH]ccc12. The van der Waals surface area contributed by atoms with Gasteiger partial charge in [-0.3, -0.25) is 19.2 Å². The van der Waals surface area contributed by atoms with Crippen LogP contribution in [0.25, 0.3) is 21.9 Å². The van der Waals surface area contributed by atoms with Gasteiger partial charge in [0.25, 0.3) is 0 Å². The van der Waals surface area contributed by atoms with Crippen molar-refractivity contribution in [3.63, 3.8) is 0 Å². The van der Waals surface area contributed by atoms with Crippen LogP contribution >= 0.6 is 0 Å². The van der Waals surface area contributed by atoms with Crippen LogP contribution < -0.4 is 10.2 Å². The Morgan fingerprint density at radius 3 is 2.65 bits per heavy atom. The van der Waals surface area contributed by atoms with Crippen molar-refractivity contribution in [1.29, 1.82) is 0 Å². The second kappa shape index (κ2) is 8.62. The summed E-state index contributed by atoms with van der Waals surface area (Å²) in [6, 6.07) is 1.94. The summed E-state index contributed by atoms with van der Waals surface area (Å²) >= 11 is 0. The lowest BCUT2D eigenvalue weighted by Crippen LogP contribution is -2.49. The predicted octanol–water partition coefficient (Wildman–Crippen LogP) is 1.72. The first-order valence-corrected chi connectivity index (χ1v) is 11.8. The van der Waals surface area contributed by atoms with Crippen LogP contribution in [-0.4, -0.2) is 87.7 Å². The summed E-state index contributed by atoms with van der Waals surface area (Å²) in [5, 5.41) is 8.80. The van der Waals surface area contributed by atoms with Crippen molar-refractivity contribution < 1.29 is 14.4 Å². The van der Waals surface area contributed by atoms with Gasteiger partial charge in [-0.15, -0.1) is 0 Å². The first-order chi connectivity index (χ1) is 16.4. The summed E-state index contributed by atoms with van der Waals surface area (Å²) in [7, 11) is 2.96. The number of rotatable bonds is 2. The van der Waals surface area contributed by atoms with E-state index in [1.165, 1.54) is 11.9 Å². The smallest absolute Gasteiger partial charge is 0.320 e. The number of nitrogens with one attached hydrogen (secondary N) is 2. The third-order valence-corrected chi connectivity index (χ3v) is 7.15. The molecule has 0 aromatic carbocycles. The molecule has 0 saturated carbocycles. The van der Waals surface area contributed by atoms with E-state index < -0.39 is 11.8 Å². The van der Waals surface area contributed by atoms with Crippen molar-refractivity contribution in [1.82, 2.24) is 34.9 Å². The minimum atomic E-state index is -0.714. The topological polar surface area (TPSA) is 119 Å². The van der Waals surface area contributed by atoms with Crippen LogP contribution in [-0.2, 0) is 9.59 Å². The Bertz CT molecular complexity index is 1260. The zero-order valence-corrected chi connectivity index (χ0v) is 19.7. The van der Waals surface area contributed by atoms with E-state index in [0.717, 1.165) is 49.8 Å². The Balaban J connectivity index is 1.59. The Hall–Kier alpha value is -3.63. The van der Waals surface area contributed by atoms with Crippen molar-refractivity contribution in [2.45, 2.75) is 32.2 Å². The molecule has 2 N–H and O–H groups in total. The molecular formula is C23H30N8O3. The molecule has 3 aromatic heterocycles. The van der Waals surface area contributed by atoms with Crippen LogP contribution in [0.1, 0.15) is 32.2 Å². The number of nitrogens with zero attached hydrogens (tertiary/aromatic N) is 6. The molecule has 34 heavy (non-hydrogen) atoms. The molecule has 180 valence electrons. The number of hydrogen-bond donors (Lipinski definition) is 2. The molecule has 11 nitrogen and oxygen atoms in total. The molecule has 3 aromatic rings. The zero-order chi connectivity index (χ0) is 24.0. The molecule has 2 atom stereocenters. The van der Waals surface area contributed by atoms with Gasteiger partial charge in [-0.25, -0.2) is 9.78 Å². The van der Waals surface area contributed by atoms with E-state index in [9.17, 15) is 14.4 Å². The van der Waals surface area contributed by atoms with Gasteiger partial charge in [0.2, 0.25) is 0 Å². The monoisotopic (exact) mass is 466 g/mol. The maximum atomic E-state index is 13.1. The molecule has 5 rings (SSSR count). The second-order valence-electron chi connectivity index (χ2n) is 9.23. The van der Waals surface area contributed by atoms with E-state index in [1.54, 1.807) is 13.2 Å². The molecule has 0 radical (unpaired) electrons. The minimum absolute atomic E-state index is 0.0828. The van der Waals surface area contributed by atoms with E-state index >= 15 is 0 Å². The molecule has 11 heteroatoms. The van der Waals surface area contributed by atoms with Gasteiger partial charge in [0.05, 0.1) is 16.9 Å². The third kappa shape index (κ3) is 3.55. The number of H-pyrrole nitrogens is 1. The van der Waals surface area contributed by atoms with E-state index in [-0.39, 0.29) is 18.0 Å².